The summed E-state index contributed by atoms with van der Waals surface area (Å²) < 4.78 is 5.52. The Morgan fingerprint density at radius 1 is 1.47 bits per heavy atom. The Balaban J connectivity index is 2.29. The van der Waals surface area contributed by atoms with Gasteiger partial charge in [0.15, 0.2) is 5.60 Å². The fourth-order valence-corrected chi connectivity index (χ4v) is 2.63. The van der Waals surface area contributed by atoms with Crippen molar-refractivity contribution >= 4 is 11.3 Å². The van der Waals surface area contributed by atoms with Crippen LogP contribution in [0.3, 0.4) is 0 Å². The predicted octanol–water partition coefficient (Wildman–Crippen LogP) is 2.96. The van der Waals surface area contributed by atoms with Crippen LogP contribution in [0, 0.1) is 6.92 Å². The Morgan fingerprint density at radius 3 is 2.80 bits per heavy atom. The smallest absolute Gasteiger partial charge is 0.152 e. The van der Waals surface area contributed by atoms with Crippen molar-refractivity contribution in [1.82, 2.24) is 0 Å². The zero-order valence-corrected chi connectivity index (χ0v) is 9.93. The normalized spacial score (nSPS) is 20.3. The molecule has 2 nitrogen and oxygen atoms in total. The van der Waals surface area contributed by atoms with Gasteiger partial charge in [-0.3, -0.25) is 0 Å². The Morgan fingerprint density at radius 2 is 2.27 bits per heavy atom. The molecular weight excluding hydrogens is 208 g/mol. The summed E-state index contributed by atoms with van der Waals surface area (Å²) in [5.41, 5.74) is -0.959. The van der Waals surface area contributed by atoms with Crippen LogP contribution >= 0.6 is 11.3 Å². The van der Waals surface area contributed by atoms with Gasteiger partial charge in [-0.2, -0.15) is 0 Å². The van der Waals surface area contributed by atoms with Gasteiger partial charge in [0, 0.05) is 9.75 Å². The molecule has 0 bridgehead atoms. The van der Waals surface area contributed by atoms with Gasteiger partial charge in [0.05, 0.1) is 6.61 Å². The molecule has 2 heterocycles. The van der Waals surface area contributed by atoms with Gasteiger partial charge in [0.1, 0.15) is 5.76 Å². The molecule has 2 rings (SSSR count). The summed E-state index contributed by atoms with van der Waals surface area (Å²) in [6, 6.07) is 4.00. The van der Waals surface area contributed by atoms with Crippen LogP contribution in [-0.2, 0) is 10.3 Å². The van der Waals surface area contributed by atoms with E-state index in [-0.39, 0.29) is 0 Å². The Bertz CT molecular complexity index is 377. The number of ether oxygens (including phenoxy) is 1. The minimum Gasteiger partial charge on any atom is -0.495 e. The highest BCUT2D eigenvalue weighted by Crippen LogP contribution is 2.35. The predicted molar refractivity (Wildman–Crippen MR) is 61.9 cm³/mol. The van der Waals surface area contributed by atoms with Crippen LogP contribution in [0.5, 0.6) is 0 Å². The van der Waals surface area contributed by atoms with Crippen LogP contribution in [0.15, 0.2) is 24.0 Å². The number of thiophene rings is 1. The highest BCUT2D eigenvalue weighted by Gasteiger charge is 2.32. The van der Waals surface area contributed by atoms with Crippen molar-refractivity contribution in [1.29, 1.82) is 0 Å². The second-order valence-electron chi connectivity index (χ2n) is 4.04. The van der Waals surface area contributed by atoms with E-state index in [0.717, 1.165) is 17.7 Å². The molecule has 1 aliphatic heterocycles. The maximum atomic E-state index is 10.4. The van der Waals surface area contributed by atoms with Crippen LogP contribution in [0.25, 0.3) is 0 Å². The molecule has 1 N–H and O–H groups in total. The second-order valence-corrected chi connectivity index (χ2v) is 5.33. The number of rotatable bonds is 2. The van der Waals surface area contributed by atoms with Crippen LogP contribution in [-0.4, -0.2) is 11.7 Å². The van der Waals surface area contributed by atoms with E-state index in [4.69, 9.17) is 4.74 Å². The largest absolute Gasteiger partial charge is 0.495 e. The molecule has 0 aromatic carbocycles. The topological polar surface area (TPSA) is 29.5 Å². The van der Waals surface area contributed by atoms with Crippen molar-refractivity contribution < 1.29 is 9.84 Å². The third-order valence-electron chi connectivity index (χ3n) is 2.64. The van der Waals surface area contributed by atoms with Crippen LogP contribution < -0.4 is 0 Å². The van der Waals surface area contributed by atoms with Gasteiger partial charge < -0.3 is 9.84 Å². The van der Waals surface area contributed by atoms with Crippen molar-refractivity contribution in [2.75, 3.05) is 6.61 Å². The quantitative estimate of drug-likeness (QED) is 0.837. The minimum atomic E-state index is -0.959. The van der Waals surface area contributed by atoms with E-state index in [1.807, 2.05) is 25.1 Å². The molecule has 3 heteroatoms. The molecular formula is C12H16O2S. The number of hydrogen-bond donors (Lipinski definition) is 1. The standard InChI is InChI=1S/C12H16O2S/c1-9-6-7-11(15-9)12(2,13)10-5-3-4-8-14-10/h5-7,13H,3-4,8H2,1-2H3. The molecule has 0 amide bonds. The van der Waals surface area contributed by atoms with Gasteiger partial charge in [0.25, 0.3) is 0 Å². The van der Waals surface area contributed by atoms with Gasteiger partial charge in [-0.05, 0) is 44.9 Å². The first-order valence-electron chi connectivity index (χ1n) is 5.23. The van der Waals surface area contributed by atoms with E-state index in [9.17, 15) is 5.11 Å². The molecule has 0 saturated heterocycles. The van der Waals surface area contributed by atoms with Crippen LogP contribution in [0.1, 0.15) is 29.5 Å². The lowest BCUT2D eigenvalue weighted by molar-refractivity contribution is 0.0177. The van der Waals surface area contributed by atoms with E-state index in [1.165, 1.54) is 4.88 Å². The summed E-state index contributed by atoms with van der Waals surface area (Å²) in [4.78, 5) is 2.16. The van der Waals surface area contributed by atoms with Crippen molar-refractivity contribution in [2.45, 2.75) is 32.3 Å². The van der Waals surface area contributed by atoms with E-state index < -0.39 is 5.60 Å². The SMILES string of the molecule is Cc1ccc(C(C)(O)C2=CCCCO2)s1. The zero-order valence-electron chi connectivity index (χ0n) is 9.12. The fraction of sp³-hybridized carbons (Fsp3) is 0.500. The number of hydrogen-bond acceptors (Lipinski definition) is 3. The van der Waals surface area contributed by atoms with Gasteiger partial charge in [-0.1, -0.05) is 0 Å². The average Bonchev–Trinajstić information content (AvgIpc) is 2.67. The molecule has 1 atom stereocenters. The minimum absolute atomic E-state index is 0.704. The second kappa shape index (κ2) is 3.99. The monoisotopic (exact) mass is 224 g/mol. The van der Waals surface area contributed by atoms with E-state index >= 15 is 0 Å². The summed E-state index contributed by atoms with van der Waals surface area (Å²) in [5, 5.41) is 10.4. The number of aryl methyl sites for hydroxylation is 1. The van der Waals surface area contributed by atoms with E-state index in [2.05, 4.69) is 0 Å². The average molecular weight is 224 g/mol. The molecule has 1 aromatic rings. The van der Waals surface area contributed by atoms with Gasteiger partial charge in [-0.15, -0.1) is 11.3 Å². The number of allylic oxidation sites excluding steroid dienone is 1. The van der Waals surface area contributed by atoms with Crippen molar-refractivity contribution in [3.8, 4) is 0 Å². The maximum Gasteiger partial charge on any atom is 0.152 e. The molecule has 0 spiro atoms. The highest BCUT2D eigenvalue weighted by molar-refractivity contribution is 7.12. The lowest BCUT2D eigenvalue weighted by Crippen LogP contribution is -2.26. The van der Waals surface area contributed by atoms with E-state index in [1.54, 1.807) is 18.3 Å². The summed E-state index contributed by atoms with van der Waals surface area (Å²) >= 11 is 1.62. The van der Waals surface area contributed by atoms with Gasteiger partial charge in [-0.25, -0.2) is 0 Å². The molecule has 15 heavy (non-hydrogen) atoms. The zero-order chi connectivity index (χ0) is 10.9. The van der Waals surface area contributed by atoms with Crippen molar-refractivity contribution in [3.63, 3.8) is 0 Å². The first-order chi connectivity index (χ1) is 7.10. The third-order valence-corrected chi connectivity index (χ3v) is 3.85. The van der Waals surface area contributed by atoms with Gasteiger partial charge >= 0.3 is 0 Å². The Hall–Kier alpha value is -0.800. The summed E-state index contributed by atoms with van der Waals surface area (Å²) in [5.74, 6) is 0.704. The lowest BCUT2D eigenvalue weighted by atomic mass is 9.99. The van der Waals surface area contributed by atoms with Gasteiger partial charge in [0.2, 0.25) is 0 Å². The molecule has 1 unspecified atom stereocenters. The first-order valence-corrected chi connectivity index (χ1v) is 6.05. The molecule has 82 valence electrons. The number of aliphatic hydroxyl groups is 1. The molecule has 0 saturated carbocycles. The Labute approximate surface area is 94.2 Å². The van der Waals surface area contributed by atoms with Crippen molar-refractivity contribution in [3.05, 3.63) is 33.7 Å². The fourth-order valence-electron chi connectivity index (χ4n) is 1.71. The molecule has 1 aliphatic rings. The molecule has 1 aromatic heterocycles. The maximum absolute atomic E-state index is 10.4. The van der Waals surface area contributed by atoms with Crippen LogP contribution in [0.4, 0.5) is 0 Å². The van der Waals surface area contributed by atoms with Crippen LogP contribution in [0.2, 0.25) is 0 Å². The Kier molecular flexibility index (Phi) is 2.85. The molecule has 0 fully saturated rings. The third kappa shape index (κ3) is 2.08. The summed E-state index contributed by atoms with van der Waals surface area (Å²) in [7, 11) is 0. The van der Waals surface area contributed by atoms with E-state index in [0.29, 0.717) is 12.4 Å². The molecule has 0 aliphatic carbocycles. The summed E-state index contributed by atoms with van der Waals surface area (Å²) in [6.07, 6.45) is 4.04. The van der Waals surface area contributed by atoms with Crippen molar-refractivity contribution in [2.24, 2.45) is 0 Å². The highest BCUT2D eigenvalue weighted by atomic mass is 32.1. The first kappa shape index (κ1) is 10.7. The lowest BCUT2D eigenvalue weighted by Gasteiger charge is -2.27. The molecule has 0 radical (unpaired) electrons. The summed E-state index contributed by atoms with van der Waals surface area (Å²) in [6.45, 7) is 4.56.